The van der Waals surface area contributed by atoms with Crippen LogP contribution in [0.4, 0.5) is 0 Å². The Balaban J connectivity index is 1.33. The largest absolute Gasteiger partial charge is 0.469 e. The van der Waals surface area contributed by atoms with Gasteiger partial charge in [-0.05, 0) is 50.7 Å². The summed E-state index contributed by atoms with van der Waals surface area (Å²) < 4.78 is 18.8. The third-order valence-electron chi connectivity index (χ3n) is 7.36. The van der Waals surface area contributed by atoms with Gasteiger partial charge in [0.15, 0.2) is 0 Å². The molecule has 3 aromatic heterocycles. The lowest BCUT2D eigenvalue weighted by atomic mass is 9.83. The molecule has 2 atom stereocenters. The summed E-state index contributed by atoms with van der Waals surface area (Å²) in [6, 6.07) is 6.36. The van der Waals surface area contributed by atoms with Gasteiger partial charge < -0.3 is 14.2 Å². The Morgan fingerprint density at radius 3 is 2.73 bits per heavy atom. The van der Waals surface area contributed by atoms with Gasteiger partial charge in [0.25, 0.3) is 0 Å². The van der Waals surface area contributed by atoms with Gasteiger partial charge in [0.1, 0.15) is 18.0 Å². The van der Waals surface area contributed by atoms with Crippen LogP contribution in [0.1, 0.15) is 86.5 Å². The Morgan fingerprint density at radius 2 is 1.97 bits per heavy atom. The van der Waals surface area contributed by atoms with Crippen LogP contribution in [-0.2, 0) is 34.3 Å². The van der Waals surface area contributed by atoms with Gasteiger partial charge in [-0.15, -0.1) is 5.10 Å². The van der Waals surface area contributed by atoms with Gasteiger partial charge in [0.2, 0.25) is 0 Å². The molecule has 0 spiro atoms. The number of carbonyl (C=O) groups excluding carboxylic acids is 1. The molecule has 1 saturated carbocycles. The van der Waals surface area contributed by atoms with Gasteiger partial charge >= 0.3 is 12.0 Å². The van der Waals surface area contributed by atoms with E-state index in [4.69, 9.17) is 19.2 Å². The molecule has 10 nitrogen and oxygen atoms in total. The summed E-state index contributed by atoms with van der Waals surface area (Å²) in [5.74, 6) is 0.269. The first-order valence-electron chi connectivity index (χ1n) is 13.1. The van der Waals surface area contributed by atoms with E-state index in [2.05, 4.69) is 33.3 Å². The number of ether oxygens (including phenoxy) is 3. The third-order valence-corrected chi connectivity index (χ3v) is 7.36. The van der Waals surface area contributed by atoms with Crippen molar-refractivity contribution < 1.29 is 19.0 Å². The number of esters is 1. The summed E-state index contributed by atoms with van der Waals surface area (Å²) in [5, 5.41) is 8.61. The topological polar surface area (TPSA) is 114 Å². The minimum Gasteiger partial charge on any atom is -0.469 e. The molecule has 0 unspecified atom stereocenters. The van der Waals surface area contributed by atoms with Crippen LogP contribution in [0.15, 0.2) is 24.4 Å². The van der Waals surface area contributed by atoms with E-state index in [1.807, 2.05) is 19.2 Å². The van der Waals surface area contributed by atoms with Crippen LogP contribution in [0.2, 0.25) is 0 Å². The summed E-state index contributed by atoms with van der Waals surface area (Å²) >= 11 is 0. The fraction of sp³-hybridized carbons (Fsp3) is 0.556. The van der Waals surface area contributed by atoms with Gasteiger partial charge in [-0.2, -0.15) is 4.98 Å². The molecule has 196 valence electrons. The standard InChI is InChI=1S/C27H34N6O4/c1-4-20-19(24-10-6-9-18(37-24)15-25(34)35-3)11-12-22(29-20)26-23(33(2)32-31-26)16-36-27-28-14-13-21(30-27)17-7-5-8-17/h11-14,17-18,24H,4-10,15-16H2,1-3H3/t18-,24+/m0/s1. The van der Waals surface area contributed by atoms with E-state index in [0.717, 1.165) is 54.0 Å². The maximum Gasteiger partial charge on any atom is 0.316 e. The van der Waals surface area contributed by atoms with Gasteiger partial charge in [0, 0.05) is 30.4 Å². The maximum atomic E-state index is 11.7. The molecule has 5 rings (SSSR count). The Hall–Kier alpha value is -3.40. The van der Waals surface area contributed by atoms with Crippen LogP contribution in [0.25, 0.3) is 11.4 Å². The Labute approximate surface area is 216 Å². The molecular formula is C27H34N6O4. The SMILES string of the molecule is CCc1nc(-c2nnn(C)c2COc2nccc(C3CCC3)n2)ccc1[C@H]1CCC[C@@H](CC(=O)OC)O1. The Kier molecular flexibility index (Phi) is 7.73. The van der Waals surface area contributed by atoms with Crippen molar-refractivity contribution >= 4 is 5.97 Å². The number of pyridine rings is 1. The summed E-state index contributed by atoms with van der Waals surface area (Å²) in [4.78, 5) is 25.6. The number of carbonyl (C=O) groups is 1. The smallest absolute Gasteiger partial charge is 0.316 e. The molecule has 1 aliphatic heterocycles. The highest BCUT2D eigenvalue weighted by Gasteiger charge is 2.28. The zero-order valence-electron chi connectivity index (χ0n) is 21.7. The number of methoxy groups -OCH3 is 1. The zero-order valence-corrected chi connectivity index (χ0v) is 21.7. The molecular weight excluding hydrogens is 472 g/mol. The summed E-state index contributed by atoms with van der Waals surface area (Å²) in [6.45, 7) is 2.32. The van der Waals surface area contributed by atoms with Gasteiger partial charge in [-0.25, -0.2) is 9.67 Å². The second-order valence-corrected chi connectivity index (χ2v) is 9.73. The number of aryl methyl sites for hydroxylation is 2. The van der Waals surface area contributed by atoms with Crippen LogP contribution in [-0.4, -0.2) is 49.1 Å². The molecule has 3 aromatic rings. The summed E-state index contributed by atoms with van der Waals surface area (Å²) in [7, 11) is 3.25. The van der Waals surface area contributed by atoms with Crippen molar-refractivity contribution in [3.05, 3.63) is 47.0 Å². The van der Waals surface area contributed by atoms with Gasteiger partial charge in [0.05, 0.1) is 37.1 Å². The molecule has 0 N–H and O–H groups in total. The van der Waals surface area contributed by atoms with Crippen LogP contribution in [0.3, 0.4) is 0 Å². The van der Waals surface area contributed by atoms with Crippen molar-refractivity contribution in [3.63, 3.8) is 0 Å². The van der Waals surface area contributed by atoms with Crippen molar-refractivity contribution in [2.24, 2.45) is 7.05 Å². The Morgan fingerprint density at radius 1 is 1.14 bits per heavy atom. The van der Waals surface area contributed by atoms with E-state index in [-0.39, 0.29) is 31.2 Å². The number of aromatic nitrogens is 6. The number of hydrogen-bond donors (Lipinski definition) is 0. The van der Waals surface area contributed by atoms with Crippen LogP contribution in [0, 0.1) is 0 Å². The highest BCUT2D eigenvalue weighted by atomic mass is 16.5. The van der Waals surface area contributed by atoms with Gasteiger partial charge in [-0.1, -0.05) is 24.6 Å². The second-order valence-electron chi connectivity index (χ2n) is 9.73. The van der Waals surface area contributed by atoms with E-state index in [0.29, 0.717) is 17.6 Å². The predicted molar refractivity (Wildman–Crippen MR) is 135 cm³/mol. The minimum atomic E-state index is -0.243. The average Bonchev–Trinajstić information content (AvgIpc) is 3.26. The zero-order chi connectivity index (χ0) is 25.8. The van der Waals surface area contributed by atoms with E-state index >= 15 is 0 Å². The molecule has 2 aliphatic rings. The molecule has 1 aliphatic carbocycles. The molecule has 0 amide bonds. The van der Waals surface area contributed by atoms with Crippen LogP contribution < -0.4 is 4.74 Å². The van der Waals surface area contributed by atoms with Crippen molar-refractivity contribution in [2.75, 3.05) is 7.11 Å². The van der Waals surface area contributed by atoms with Crippen molar-refractivity contribution in [2.45, 2.75) is 83.0 Å². The number of hydrogen-bond acceptors (Lipinski definition) is 9. The number of nitrogens with zero attached hydrogens (tertiary/aromatic N) is 6. The lowest BCUT2D eigenvalue weighted by molar-refractivity contribution is -0.147. The van der Waals surface area contributed by atoms with Crippen molar-refractivity contribution in [1.29, 1.82) is 0 Å². The van der Waals surface area contributed by atoms with Crippen LogP contribution >= 0.6 is 0 Å². The highest BCUT2D eigenvalue weighted by molar-refractivity contribution is 5.69. The summed E-state index contributed by atoms with van der Waals surface area (Å²) in [6.07, 6.45) is 8.90. The molecule has 4 heterocycles. The first-order chi connectivity index (χ1) is 18.1. The predicted octanol–water partition coefficient (Wildman–Crippen LogP) is 4.25. The fourth-order valence-corrected chi connectivity index (χ4v) is 4.99. The fourth-order valence-electron chi connectivity index (χ4n) is 4.99. The molecule has 0 radical (unpaired) electrons. The summed E-state index contributed by atoms with van der Waals surface area (Å²) in [5.41, 5.74) is 5.26. The molecule has 0 bridgehead atoms. The highest BCUT2D eigenvalue weighted by Crippen LogP contribution is 2.36. The third kappa shape index (κ3) is 5.64. The van der Waals surface area contributed by atoms with E-state index < -0.39 is 0 Å². The molecule has 2 fully saturated rings. The van der Waals surface area contributed by atoms with Gasteiger partial charge in [-0.3, -0.25) is 9.78 Å². The first kappa shape index (κ1) is 25.3. The number of rotatable bonds is 9. The molecule has 10 heteroatoms. The lowest BCUT2D eigenvalue weighted by Crippen LogP contribution is -2.26. The minimum absolute atomic E-state index is 0.0929. The maximum absolute atomic E-state index is 11.7. The second kappa shape index (κ2) is 11.3. The molecule has 0 aromatic carbocycles. The van der Waals surface area contributed by atoms with E-state index in [1.165, 1.54) is 26.4 Å². The average molecular weight is 507 g/mol. The van der Waals surface area contributed by atoms with E-state index in [1.54, 1.807) is 10.9 Å². The molecule has 1 saturated heterocycles. The quantitative estimate of drug-likeness (QED) is 0.393. The van der Waals surface area contributed by atoms with Crippen LogP contribution in [0.5, 0.6) is 6.01 Å². The molecule has 37 heavy (non-hydrogen) atoms. The van der Waals surface area contributed by atoms with Crippen molar-refractivity contribution in [1.82, 2.24) is 29.9 Å². The normalized spacial score (nSPS) is 19.9. The lowest BCUT2D eigenvalue weighted by Gasteiger charge is -2.30. The van der Waals surface area contributed by atoms with Crippen molar-refractivity contribution in [3.8, 4) is 17.4 Å². The first-order valence-corrected chi connectivity index (χ1v) is 13.1. The Bertz CT molecular complexity index is 1240. The van der Waals surface area contributed by atoms with E-state index in [9.17, 15) is 4.79 Å². The monoisotopic (exact) mass is 506 g/mol.